The van der Waals surface area contributed by atoms with Gasteiger partial charge in [0.15, 0.2) is 0 Å². The van der Waals surface area contributed by atoms with E-state index in [0.29, 0.717) is 16.9 Å². The second kappa shape index (κ2) is 7.53. The Kier molecular flexibility index (Phi) is 4.55. The SMILES string of the molecule is O=C(Nc1ccc(F)cc1)c1ccc(-c2ncnc3ccc(C4=CN=C4)cc23)cc1F. The number of amides is 1. The summed E-state index contributed by atoms with van der Waals surface area (Å²) in [6.07, 6.45) is 4.95. The highest BCUT2D eigenvalue weighted by atomic mass is 19.1. The Bertz CT molecular complexity index is 1390. The van der Waals surface area contributed by atoms with Crippen LogP contribution in [-0.2, 0) is 0 Å². The molecule has 4 aromatic rings. The molecule has 1 aromatic heterocycles. The molecule has 7 heteroatoms. The van der Waals surface area contributed by atoms with Crippen LogP contribution in [0.3, 0.4) is 0 Å². The lowest BCUT2D eigenvalue weighted by Gasteiger charge is -2.11. The standard InChI is InChI=1S/C24H14F2N4O/c25-17-3-5-18(6-4-17)30-24(31)19-7-1-15(10-21(19)26)23-20-9-14(16-11-27-12-16)2-8-22(20)28-13-29-23/h1-13H,(H,30,31). The second-order valence-electron chi connectivity index (χ2n) is 6.97. The highest BCUT2D eigenvalue weighted by molar-refractivity contribution is 6.15. The monoisotopic (exact) mass is 412 g/mol. The zero-order chi connectivity index (χ0) is 21.4. The molecule has 0 atom stereocenters. The van der Waals surface area contributed by atoms with Gasteiger partial charge in [0.25, 0.3) is 5.91 Å². The first-order valence-corrected chi connectivity index (χ1v) is 9.44. The number of carbonyl (C=O) groups excluding carboxylic acids is 1. The molecule has 1 aliphatic rings. The van der Waals surface area contributed by atoms with Gasteiger partial charge in [-0.3, -0.25) is 9.79 Å². The molecule has 0 saturated heterocycles. The Morgan fingerprint density at radius 3 is 2.35 bits per heavy atom. The Balaban J connectivity index is 1.49. The minimum Gasteiger partial charge on any atom is -0.322 e. The van der Waals surface area contributed by atoms with Crippen LogP contribution in [0.25, 0.3) is 27.7 Å². The highest BCUT2D eigenvalue weighted by Gasteiger charge is 2.16. The number of hydrogen-bond donors (Lipinski definition) is 1. The molecule has 0 bridgehead atoms. The summed E-state index contributed by atoms with van der Waals surface area (Å²) in [7, 11) is 0. The van der Waals surface area contributed by atoms with E-state index in [1.165, 1.54) is 42.7 Å². The predicted octanol–water partition coefficient (Wildman–Crippen LogP) is 5.25. The molecule has 2 heterocycles. The third-order valence-electron chi connectivity index (χ3n) is 4.99. The number of halogens is 2. The van der Waals surface area contributed by atoms with Crippen LogP contribution in [0.4, 0.5) is 14.5 Å². The molecular weight excluding hydrogens is 398 g/mol. The van der Waals surface area contributed by atoms with Crippen LogP contribution in [0.2, 0.25) is 0 Å². The van der Waals surface area contributed by atoms with Gasteiger partial charge in [-0.2, -0.15) is 0 Å². The molecule has 1 N–H and O–H groups in total. The van der Waals surface area contributed by atoms with Crippen molar-refractivity contribution in [3.05, 3.63) is 96.0 Å². The summed E-state index contributed by atoms with van der Waals surface area (Å²) in [5, 5.41) is 3.33. The van der Waals surface area contributed by atoms with Crippen LogP contribution in [0.1, 0.15) is 15.9 Å². The molecule has 31 heavy (non-hydrogen) atoms. The lowest BCUT2D eigenvalue weighted by atomic mass is 9.99. The zero-order valence-corrected chi connectivity index (χ0v) is 16.0. The summed E-state index contributed by atoms with van der Waals surface area (Å²) >= 11 is 0. The molecule has 0 aliphatic carbocycles. The fraction of sp³-hybridized carbons (Fsp3) is 0. The fourth-order valence-electron chi connectivity index (χ4n) is 3.34. The van der Waals surface area contributed by atoms with Crippen molar-refractivity contribution in [2.45, 2.75) is 0 Å². The Morgan fingerprint density at radius 2 is 1.65 bits per heavy atom. The van der Waals surface area contributed by atoms with Gasteiger partial charge in [-0.25, -0.2) is 18.7 Å². The highest BCUT2D eigenvalue weighted by Crippen LogP contribution is 2.30. The Hall–Kier alpha value is -4.26. The van der Waals surface area contributed by atoms with Crippen LogP contribution in [0, 0.1) is 11.6 Å². The van der Waals surface area contributed by atoms with Crippen molar-refractivity contribution < 1.29 is 13.6 Å². The van der Waals surface area contributed by atoms with E-state index in [0.717, 1.165) is 22.0 Å². The van der Waals surface area contributed by atoms with E-state index in [2.05, 4.69) is 20.3 Å². The van der Waals surface area contributed by atoms with Crippen molar-refractivity contribution in [3.8, 4) is 11.3 Å². The first-order chi connectivity index (χ1) is 15.1. The topological polar surface area (TPSA) is 67.2 Å². The van der Waals surface area contributed by atoms with Crippen LogP contribution in [0.15, 0.2) is 78.2 Å². The number of anilines is 1. The molecular formula is C24H14F2N4O. The molecule has 3 aromatic carbocycles. The van der Waals surface area contributed by atoms with Gasteiger partial charge in [0.1, 0.15) is 18.0 Å². The summed E-state index contributed by atoms with van der Waals surface area (Å²) in [4.78, 5) is 25.1. The number of aliphatic imine (C=N–C) groups is 1. The third kappa shape index (κ3) is 3.57. The van der Waals surface area contributed by atoms with E-state index >= 15 is 0 Å². The van der Waals surface area contributed by atoms with E-state index in [4.69, 9.17) is 0 Å². The van der Waals surface area contributed by atoms with Crippen LogP contribution in [-0.4, -0.2) is 22.1 Å². The van der Waals surface area contributed by atoms with Gasteiger partial charge < -0.3 is 5.32 Å². The molecule has 150 valence electrons. The molecule has 0 spiro atoms. The van der Waals surface area contributed by atoms with Gasteiger partial charge in [-0.1, -0.05) is 12.1 Å². The molecule has 1 aliphatic heterocycles. The maximum atomic E-state index is 14.8. The first-order valence-electron chi connectivity index (χ1n) is 9.44. The largest absolute Gasteiger partial charge is 0.322 e. The smallest absolute Gasteiger partial charge is 0.258 e. The van der Waals surface area contributed by atoms with Gasteiger partial charge in [0.05, 0.1) is 16.8 Å². The van der Waals surface area contributed by atoms with E-state index in [9.17, 15) is 13.6 Å². The normalized spacial score (nSPS) is 12.4. The lowest BCUT2D eigenvalue weighted by molar-refractivity contribution is 0.102. The molecule has 0 fully saturated rings. The first kappa shape index (κ1) is 18.7. The molecule has 0 unspecified atom stereocenters. The Labute approximate surface area is 175 Å². The van der Waals surface area contributed by atoms with E-state index in [1.807, 2.05) is 18.2 Å². The lowest BCUT2D eigenvalue weighted by Crippen LogP contribution is -2.13. The summed E-state index contributed by atoms with van der Waals surface area (Å²) in [5.74, 6) is -1.73. The summed E-state index contributed by atoms with van der Waals surface area (Å²) < 4.78 is 27.9. The molecule has 5 nitrogen and oxygen atoms in total. The van der Waals surface area contributed by atoms with Crippen molar-refractivity contribution >= 4 is 34.3 Å². The fourth-order valence-corrected chi connectivity index (χ4v) is 3.34. The van der Waals surface area contributed by atoms with E-state index in [1.54, 1.807) is 18.5 Å². The van der Waals surface area contributed by atoms with Crippen LogP contribution < -0.4 is 5.32 Å². The number of rotatable bonds is 4. The van der Waals surface area contributed by atoms with Gasteiger partial charge >= 0.3 is 0 Å². The molecule has 1 amide bonds. The minimum absolute atomic E-state index is 0.122. The van der Waals surface area contributed by atoms with Crippen LogP contribution in [0.5, 0.6) is 0 Å². The maximum absolute atomic E-state index is 14.8. The van der Waals surface area contributed by atoms with Crippen molar-refractivity contribution in [3.63, 3.8) is 0 Å². The van der Waals surface area contributed by atoms with Gasteiger partial charge in [-0.05, 0) is 54.1 Å². The molecule has 0 radical (unpaired) electrons. The number of aromatic nitrogens is 2. The summed E-state index contributed by atoms with van der Waals surface area (Å²) in [5.41, 5.74) is 4.03. The van der Waals surface area contributed by atoms with Crippen molar-refractivity contribution in [1.82, 2.24) is 9.97 Å². The number of nitrogens with zero attached hydrogens (tertiary/aromatic N) is 3. The van der Waals surface area contributed by atoms with E-state index in [-0.39, 0.29) is 5.56 Å². The third-order valence-corrected chi connectivity index (χ3v) is 4.99. The quantitative estimate of drug-likeness (QED) is 0.498. The number of fused-ring (bicyclic) bond motifs is 1. The summed E-state index contributed by atoms with van der Waals surface area (Å²) in [6.45, 7) is 0. The molecule has 5 rings (SSSR count). The zero-order valence-electron chi connectivity index (χ0n) is 16.0. The van der Waals surface area contributed by atoms with Crippen LogP contribution >= 0.6 is 0 Å². The van der Waals surface area contributed by atoms with E-state index < -0.39 is 17.5 Å². The summed E-state index contributed by atoms with van der Waals surface area (Å²) in [6, 6.07) is 15.3. The Morgan fingerprint density at radius 1 is 0.871 bits per heavy atom. The van der Waals surface area contributed by atoms with Crippen molar-refractivity contribution in [2.75, 3.05) is 5.32 Å². The number of benzene rings is 3. The van der Waals surface area contributed by atoms with Crippen molar-refractivity contribution in [2.24, 2.45) is 4.99 Å². The van der Waals surface area contributed by atoms with Gasteiger partial charge in [-0.15, -0.1) is 0 Å². The number of carbonyl (C=O) groups is 1. The second-order valence-corrected chi connectivity index (χ2v) is 6.97. The predicted molar refractivity (Wildman–Crippen MR) is 116 cm³/mol. The minimum atomic E-state index is -0.686. The van der Waals surface area contributed by atoms with Gasteiger partial charge in [0.2, 0.25) is 0 Å². The average molecular weight is 412 g/mol. The number of allylic oxidation sites excluding steroid dienone is 1. The number of nitrogens with one attached hydrogen (secondary N) is 1. The van der Waals surface area contributed by atoms with Gasteiger partial charge in [0, 0.05) is 34.6 Å². The molecule has 0 saturated carbocycles. The maximum Gasteiger partial charge on any atom is 0.258 e. The average Bonchev–Trinajstić information content (AvgIpc) is 2.73. The van der Waals surface area contributed by atoms with Crippen molar-refractivity contribution in [1.29, 1.82) is 0 Å². The number of hydrogen-bond acceptors (Lipinski definition) is 4.